The van der Waals surface area contributed by atoms with E-state index in [4.69, 9.17) is 11.6 Å². The lowest BCUT2D eigenvalue weighted by atomic mass is 9.67. The SMILES string of the molecule is Clc1cccc2c1c1cc3c(cc1n2-c1ccccc1)Sc1cc(Br)ccc1C31c2ccccc2-c2ccccc21. The van der Waals surface area contributed by atoms with Gasteiger partial charge in [-0.15, -0.1) is 0 Å². The Morgan fingerprint density at radius 2 is 1.27 bits per heavy atom. The summed E-state index contributed by atoms with van der Waals surface area (Å²) in [6, 6.07) is 46.4. The second-order valence-corrected chi connectivity index (χ2v) is 13.2. The number of benzene rings is 6. The zero-order valence-electron chi connectivity index (χ0n) is 21.7. The Labute approximate surface area is 255 Å². The van der Waals surface area contributed by atoms with Crippen molar-refractivity contribution in [3.63, 3.8) is 0 Å². The molecule has 0 radical (unpaired) electrons. The molecule has 9 rings (SSSR count). The lowest BCUT2D eigenvalue weighted by Gasteiger charge is -2.40. The molecule has 2 aliphatic rings. The van der Waals surface area contributed by atoms with Crippen LogP contribution in [0, 0.1) is 0 Å². The maximum atomic E-state index is 7.01. The van der Waals surface area contributed by atoms with Crippen LogP contribution < -0.4 is 0 Å². The Bertz CT molecular complexity index is 2170. The van der Waals surface area contributed by atoms with Crippen LogP contribution in [0.2, 0.25) is 5.02 Å². The summed E-state index contributed by atoms with van der Waals surface area (Å²) in [6.45, 7) is 0. The maximum absolute atomic E-state index is 7.01. The molecule has 0 fully saturated rings. The van der Waals surface area contributed by atoms with E-state index in [2.05, 4.69) is 142 Å². The van der Waals surface area contributed by atoms with E-state index in [0.29, 0.717) is 0 Å². The van der Waals surface area contributed by atoms with E-state index in [1.807, 2.05) is 17.8 Å². The van der Waals surface area contributed by atoms with Crippen LogP contribution in [0.4, 0.5) is 0 Å². The topological polar surface area (TPSA) is 4.93 Å². The molecule has 0 saturated heterocycles. The zero-order chi connectivity index (χ0) is 27.3. The van der Waals surface area contributed by atoms with E-state index in [1.54, 1.807) is 0 Å². The van der Waals surface area contributed by atoms with Crippen molar-refractivity contribution in [2.24, 2.45) is 0 Å². The van der Waals surface area contributed by atoms with Crippen molar-refractivity contribution in [2.45, 2.75) is 15.2 Å². The minimum atomic E-state index is -0.430. The molecule has 2 heterocycles. The van der Waals surface area contributed by atoms with E-state index in [9.17, 15) is 0 Å². The highest BCUT2D eigenvalue weighted by Crippen LogP contribution is 2.63. The number of halogens is 2. The summed E-state index contributed by atoms with van der Waals surface area (Å²) in [7, 11) is 0. The highest BCUT2D eigenvalue weighted by Gasteiger charge is 2.50. The van der Waals surface area contributed by atoms with Crippen molar-refractivity contribution in [3.8, 4) is 16.8 Å². The van der Waals surface area contributed by atoms with Gasteiger partial charge in [0.1, 0.15) is 0 Å². The molecular weight excluding hydrogens is 606 g/mol. The molecule has 0 N–H and O–H groups in total. The Balaban J connectivity index is 1.49. The first-order chi connectivity index (χ1) is 20.2. The molecule has 1 aromatic heterocycles. The van der Waals surface area contributed by atoms with Gasteiger partial charge in [-0.25, -0.2) is 0 Å². The summed E-state index contributed by atoms with van der Waals surface area (Å²) in [6.07, 6.45) is 0. The fraction of sp³-hybridized carbons (Fsp3) is 0.0270. The molecule has 0 bridgehead atoms. The lowest BCUT2D eigenvalue weighted by Crippen LogP contribution is -2.32. The van der Waals surface area contributed by atoms with Crippen molar-refractivity contribution >= 4 is 61.1 Å². The molecular formula is C37H21BrClNS. The van der Waals surface area contributed by atoms with Gasteiger partial charge in [-0.1, -0.05) is 118 Å². The van der Waals surface area contributed by atoms with Crippen LogP contribution in [-0.2, 0) is 5.41 Å². The Morgan fingerprint density at radius 3 is 2.02 bits per heavy atom. The summed E-state index contributed by atoms with van der Waals surface area (Å²) in [5, 5.41) is 3.05. The number of hydrogen-bond donors (Lipinski definition) is 0. The first kappa shape index (κ1) is 23.9. The van der Waals surface area contributed by atoms with Gasteiger partial charge in [0.05, 0.1) is 21.5 Å². The average molecular weight is 627 g/mol. The van der Waals surface area contributed by atoms with E-state index in [-0.39, 0.29) is 0 Å². The Morgan fingerprint density at radius 1 is 0.585 bits per heavy atom. The molecule has 0 unspecified atom stereocenters. The van der Waals surface area contributed by atoms with Gasteiger partial charge in [-0.2, -0.15) is 0 Å². The summed E-state index contributed by atoms with van der Waals surface area (Å²) in [4.78, 5) is 2.55. The van der Waals surface area contributed by atoms with Gasteiger partial charge in [0.25, 0.3) is 0 Å². The zero-order valence-corrected chi connectivity index (χ0v) is 24.9. The first-order valence-corrected chi connectivity index (χ1v) is 15.6. The molecule has 1 aliphatic heterocycles. The molecule has 1 aliphatic carbocycles. The van der Waals surface area contributed by atoms with Gasteiger partial charge in [0.15, 0.2) is 0 Å². The van der Waals surface area contributed by atoms with Crippen molar-refractivity contribution in [3.05, 3.63) is 159 Å². The molecule has 194 valence electrons. The molecule has 0 amide bonds. The standard InChI is InChI=1S/C37H21BrClNS/c38-22-17-18-29-34(19-22)41-35-21-33-26(36-31(39)15-8-16-32(36)40(33)23-9-2-1-3-10-23)20-30(35)37(29)27-13-6-4-11-24(27)25-12-5-7-14-28(25)37/h1-21H. The summed E-state index contributed by atoms with van der Waals surface area (Å²) >= 11 is 12.6. The maximum Gasteiger partial charge on any atom is 0.0735 e. The van der Waals surface area contributed by atoms with E-state index >= 15 is 0 Å². The third-order valence-corrected chi connectivity index (χ3v) is 10.7. The molecule has 41 heavy (non-hydrogen) atoms. The Hall–Kier alpha value is -3.76. The minimum absolute atomic E-state index is 0.430. The number of fused-ring (bicyclic) bond motifs is 12. The van der Waals surface area contributed by atoms with Gasteiger partial charge in [-0.3, -0.25) is 0 Å². The molecule has 6 aromatic carbocycles. The smallest absolute Gasteiger partial charge is 0.0735 e. The number of nitrogens with zero attached hydrogens (tertiary/aromatic N) is 1. The predicted molar refractivity (Wildman–Crippen MR) is 175 cm³/mol. The van der Waals surface area contributed by atoms with Crippen LogP contribution in [0.1, 0.15) is 22.3 Å². The van der Waals surface area contributed by atoms with E-state index in [1.165, 1.54) is 54.1 Å². The monoisotopic (exact) mass is 625 g/mol. The number of hydrogen-bond acceptors (Lipinski definition) is 1. The highest BCUT2D eigenvalue weighted by atomic mass is 79.9. The van der Waals surface area contributed by atoms with Gasteiger partial charge < -0.3 is 4.57 Å². The fourth-order valence-corrected chi connectivity index (χ4v) is 9.28. The Kier molecular flexibility index (Phi) is 5.03. The third-order valence-electron chi connectivity index (χ3n) is 8.78. The molecule has 1 spiro atoms. The summed E-state index contributed by atoms with van der Waals surface area (Å²) in [5.41, 5.74) is 10.9. The van der Waals surface area contributed by atoms with Gasteiger partial charge in [-0.05, 0) is 81.9 Å². The lowest BCUT2D eigenvalue weighted by molar-refractivity contribution is 0.723. The van der Waals surface area contributed by atoms with Crippen molar-refractivity contribution in [1.82, 2.24) is 4.57 Å². The second-order valence-electron chi connectivity index (χ2n) is 10.8. The summed E-state index contributed by atoms with van der Waals surface area (Å²) in [5.74, 6) is 0. The van der Waals surface area contributed by atoms with Gasteiger partial charge in [0.2, 0.25) is 0 Å². The quantitative estimate of drug-likeness (QED) is 0.175. The van der Waals surface area contributed by atoms with Crippen LogP contribution in [0.25, 0.3) is 38.6 Å². The largest absolute Gasteiger partial charge is 0.309 e. The van der Waals surface area contributed by atoms with Crippen molar-refractivity contribution in [2.75, 3.05) is 0 Å². The second kappa shape index (κ2) is 8.62. The molecule has 1 nitrogen and oxygen atoms in total. The van der Waals surface area contributed by atoms with Crippen LogP contribution in [0.15, 0.2) is 142 Å². The first-order valence-electron chi connectivity index (χ1n) is 13.7. The predicted octanol–water partition coefficient (Wildman–Crippen LogP) is 11.0. The van der Waals surface area contributed by atoms with Gasteiger partial charge in [0, 0.05) is 30.7 Å². The van der Waals surface area contributed by atoms with E-state index < -0.39 is 5.41 Å². The molecule has 0 saturated carbocycles. The highest BCUT2D eigenvalue weighted by molar-refractivity contribution is 9.10. The van der Waals surface area contributed by atoms with Crippen LogP contribution in [-0.4, -0.2) is 4.57 Å². The van der Waals surface area contributed by atoms with Crippen LogP contribution in [0.3, 0.4) is 0 Å². The van der Waals surface area contributed by atoms with Crippen molar-refractivity contribution in [1.29, 1.82) is 0 Å². The van der Waals surface area contributed by atoms with Gasteiger partial charge >= 0.3 is 0 Å². The van der Waals surface area contributed by atoms with Crippen molar-refractivity contribution < 1.29 is 0 Å². The average Bonchev–Trinajstić information content (AvgIpc) is 3.48. The number of aromatic nitrogens is 1. The van der Waals surface area contributed by atoms with Crippen LogP contribution >= 0.6 is 39.3 Å². The molecule has 0 atom stereocenters. The van der Waals surface area contributed by atoms with Crippen LogP contribution in [0.5, 0.6) is 0 Å². The number of para-hydroxylation sites is 1. The third kappa shape index (κ3) is 3.09. The molecule has 7 aromatic rings. The normalized spacial score (nSPS) is 14.2. The molecule has 4 heteroatoms. The number of rotatable bonds is 1. The summed E-state index contributed by atoms with van der Waals surface area (Å²) < 4.78 is 3.45. The fourth-order valence-electron chi connectivity index (χ4n) is 7.25. The minimum Gasteiger partial charge on any atom is -0.309 e. The van der Waals surface area contributed by atoms with E-state index in [0.717, 1.165) is 26.1 Å².